The third-order valence-electron chi connectivity index (χ3n) is 4.11. The molecule has 1 aliphatic rings. The van der Waals surface area contributed by atoms with Crippen LogP contribution in [0.15, 0.2) is 34.9 Å². The van der Waals surface area contributed by atoms with Gasteiger partial charge in [-0.25, -0.2) is 0 Å². The first-order chi connectivity index (χ1) is 11.6. The van der Waals surface area contributed by atoms with Gasteiger partial charge in [-0.05, 0) is 12.5 Å². The second-order valence-corrected chi connectivity index (χ2v) is 6.04. The Kier molecular flexibility index (Phi) is 5.22. The van der Waals surface area contributed by atoms with E-state index in [4.69, 9.17) is 4.52 Å². The molecule has 3 rings (SSSR count). The summed E-state index contributed by atoms with van der Waals surface area (Å²) in [5, 5.41) is 13.4. The van der Waals surface area contributed by atoms with E-state index in [0.717, 1.165) is 18.7 Å². The number of hydrogen-bond donors (Lipinski definition) is 1. The third-order valence-corrected chi connectivity index (χ3v) is 4.11. The molecule has 1 aromatic heterocycles. The highest BCUT2D eigenvalue weighted by atomic mass is 16.5. The molecule has 1 N–H and O–H groups in total. The van der Waals surface area contributed by atoms with Gasteiger partial charge in [0.15, 0.2) is 5.82 Å². The van der Waals surface area contributed by atoms with Crippen LogP contribution >= 0.6 is 0 Å². The number of aromatic nitrogens is 2. The Morgan fingerprint density at radius 2 is 1.96 bits per heavy atom. The molecule has 1 aliphatic heterocycles. The molecule has 24 heavy (non-hydrogen) atoms. The van der Waals surface area contributed by atoms with Gasteiger partial charge >= 0.3 is 0 Å². The van der Waals surface area contributed by atoms with E-state index in [-0.39, 0.29) is 5.91 Å². The Morgan fingerprint density at radius 3 is 2.62 bits per heavy atom. The Balaban J connectivity index is 1.50. The van der Waals surface area contributed by atoms with Crippen molar-refractivity contribution in [1.82, 2.24) is 19.9 Å². The van der Waals surface area contributed by atoms with Crippen LogP contribution < -0.4 is 0 Å². The number of amides is 1. The van der Waals surface area contributed by atoms with Crippen molar-refractivity contribution in [1.29, 1.82) is 0 Å². The van der Waals surface area contributed by atoms with Gasteiger partial charge in [-0.3, -0.25) is 9.69 Å². The van der Waals surface area contributed by atoms with Crippen LogP contribution in [0.3, 0.4) is 0 Å². The minimum Gasteiger partial charge on any atom is -0.384 e. The lowest BCUT2D eigenvalue weighted by Gasteiger charge is -2.34. The molecule has 1 saturated heterocycles. The Hall–Kier alpha value is -2.25. The van der Waals surface area contributed by atoms with E-state index in [1.165, 1.54) is 6.92 Å². The number of carbonyl (C=O) groups excluding carboxylic acids is 1. The van der Waals surface area contributed by atoms with E-state index < -0.39 is 6.10 Å². The largest absolute Gasteiger partial charge is 0.384 e. The van der Waals surface area contributed by atoms with E-state index in [0.29, 0.717) is 37.8 Å². The maximum absolute atomic E-state index is 11.8. The van der Waals surface area contributed by atoms with Crippen molar-refractivity contribution in [3.05, 3.63) is 47.6 Å². The highest BCUT2D eigenvalue weighted by molar-refractivity contribution is 5.80. The van der Waals surface area contributed by atoms with Gasteiger partial charge in [0.2, 0.25) is 5.89 Å². The van der Waals surface area contributed by atoms with Gasteiger partial charge in [-0.15, -0.1) is 0 Å². The van der Waals surface area contributed by atoms with E-state index in [2.05, 4.69) is 15.0 Å². The number of nitrogens with zero attached hydrogens (tertiary/aromatic N) is 4. The molecule has 128 valence electrons. The monoisotopic (exact) mass is 330 g/mol. The first-order valence-corrected chi connectivity index (χ1v) is 8.16. The molecule has 0 spiro atoms. The molecule has 0 saturated carbocycles. The molecule has 2 aromatic rings. The van der Waals surface area contributed by atoms with Crippen LogP contribution in [0.1, 0.15) is 24.2 Å². The molecule has 0 radical (unpaired) electrons. The van der Waals surface area contributed by atoms with Crippen LogP contribution in [0.2, 0.25) is 0 Å². The summed E-state index contributed by atoms with van der Waals surface area (Å²) in [6, 6.07) is 10.0. The molecular formula is C17H22N4O3. The van der Waals surface area contributed by atoms with Crippen LogP contribution in [0.5, 0.6) is 0 Å². The first-order valence-electron chi connectivity index (χ1n) is 8.16. The summed E-state index contributed by atoms with van der Waals surface area (Å²) in [5.74, 6) is 1.06. The predicted octanol–water partition coefficient (Wildman–Crippen LogP) is 0.685. The van der Waals surface area contributed by atoms with Crippen LogP contribution in [0.25, 0.3) is 0 Å². The molecule has 1 unspecified atom stereocenters. The van der Waals surface area contributed by atoms with E-state index in [9.17, 15) is 9.90 Å². The lowest BCUT2D eigenvalue weighted by atomic mass is 10.1. The van der Waals surface area contributed by atoms with Gasteiger partial charge in [0, 0.05) is 26.2 Å². The minimum atomic E-state index is -0.936. The summed E-state index contributed by atoms with van der Waals surface area (Å²) in [7, 11) is 0. The standard InChI is InChI=1S/C17H22N4O3/c1-13(22)17(23)21-9-7-20(8-10-21)12-15-18-16(24-19-15)11-14-5-3-2-4-6-14/h2-6,13,22H,7-12H2,1H3. The number of aliphatic hydroxyl groups is 1. The van der Waals surface area contributed by atoms with Crippen molar-refractivity contribution in [3.63, 3.8) is 0 Å². The fourth-order valence-electron chi connectivity index (χ4n) is 2.79. The highest BCUT2D eigenvalue weighted by Crippen LogP contribution is 2.10. The summed E-state index contributed by atoms with van der Waals surface area (Å²) in [5.41, 5.74) is 1.14. The Labute approximate surface area is 140 Å². The number of benzene rings is 1. The van der Waals surface area contributed by atoms with E-state index >= 15 is 0 Å². The van der Waals surface area contributed by atoms with Crippen molar-refractivity contribution in [2.75, 3.05) is 26.2 Å². The van der Waals surface area contributed by atoms with Crippen LogP contribution in [0.4, 0.5) is 0 Å². The van der Waals surface area contributed by atoms with Crippen molar-refractivity contribution in [2.24, 2.45) is 0 Å². The van der Waals surface area contributed by atoms with Gasteiger partial charge in [-0.2, -0.15) is 4.98 Å². The van der Waals surface area contributed by atoms with Gasteiger partial charge < -0.3 is 14.5 Å². The first kappa shape index (κ1) is 16.6. The number of aliphatic hydroxyl groups excluding tert-OH is 1. The van der Waals surface area contributed by atoms with Gasteiger partial charge in [0.25, 0.3) is 5.91 Å². The van der Waals surface area contributed by atoms with Crippen molar-refractivity contribution in [2.45, 2.75) is 26.0 Å². The highest BCUT2D eigenvalue weighted by Gasteiger charge is 2.24. The molecule has 1 aromatic carbocycles. The average molecular weight is 330 g/mol. The average Bonchev–Trinajstić information content (AvgIpc) is 3.02. The number of piperazine rings is 1. The topological polar surface area (TPSA) is 82.7 Å². The number of hydrogen-bond acceptors (Lipinski definition) is 6. The lowest BCUT2D eigenvalue weighted by molar-refractivity contribution is -0.141. The molecule has 7 nitrogen and oxygen atoms in total. The van der Waals surface area contributed by atoms with Gasteiger partial charge in [0.1, 0.15) is 6.10 Å². The summed E-state index contributed by atoms with van der Waals surface area (Å²) >= 11 is 0. The van der Waals surface area contributed by atoms with Gasteiger partial charge in [-0.1, -0.05) is 35.5 Å². The molecule has 7 heteroatoms. The molecule has 1 amide bonds. The SMILES string of the molecule is CC(O)C(=O)N1CCN(Cc2noc(Cc3ccccc3)n2)CC1. The summed E-state index contributed by atoms with van der Waals surface area (Å²) in [6.45, 7) is 4.80. The van der Waals surface area contributed by atoms with Crippen molar-refractivity contribution >= 4 is 5.91 Å². The summed E-state index contributed by atoms with van der Waals surface area (Å²) < 4.78 is 5.32. The third kappa shape index (κ3) is 4.18. The fourth-order valence-corrected chi connectivity index (χ4v) is 2.79. The summed E-state index contributed by atoms with van der Waals surface area (Å²) in [4.78, 5) is 20.1. The zero-order valence-corrected chi connectivity index (χ0v) is 13.8. The van der Waals surface area contributed by atoms with E-state index in [1.54, 1.807) is 4.90 Å². The van der Waals surface area contributed by atoms with Crippen LogP contribution in [-0.2, 0) is 17.8 Å². The quantitative estimate of drug-likeness (QED) is 0.868. The second-order valence-electron chi connectivity index (χ2n) is 6.04. The number of carbonyl (C=O) groups is 1. The molecule has 0 bridgehead atoms. The lowest BCUT2D eigenvalue weighted by Crippen LogP contribution is -2.50. The summed E-state index contributed by atoms with van der Waals surface area (Å²) in [6.07, 6.45) is -0.306. The zero-order chi connectivity index (χ0) is 16.9. The van der Waals surface area contributed by atoms with Gasteiger partial charge in [0.05, 0.1) is 13.0 Å². The second kappa shape index (κ2) is 7.55. The zero-order valence-electron chi connectivity index (χ0n) is 13.8. The minimum absolute atomic E-state index is 0.209. The molecule has 2 heterocycles. The molecule has 0 aliphatic carbocycles. The van der Waals surface area contributed by atoms with Crippen molar-refractivity contribution < 1.29 is 14.4 Å². The number of rotatable bonds is 5. The van der Waals surface area contributed by atoms with Crippen LogP contribution in [0, 0.1) is 0 Å². The molecular weight excluding hydrogens is 308 g/mol. The Bertz CT molecular complexity index is 663. The fraction of sp³-hybridized carbons (Fsp3) is 0.471. The molecule has 1 atom stereocenters. The normalized spacial score (nSPS) is 17.0. The smallest absolute Gasteiger partial charge is 0.251 e. The van der Waals surface area contributed by atoms with E-state index in [1.807, 2.05) is 30.3 Å². The molecule has 1 fully saturated rings. The predicted molar refractivity (Wildman–Crippen MR) is 87.1 cm³/mol. The van der Waals surface area contributed by atoms with Crippen LogP contribution in [-0.4, -0.2) is 63.2 Å². The Morgan fingerprint density at radius 1 is 1.25 bits per heavy atom. The van der Waals surface area contributed by atoms with Crippen molar-refractivity contribution in [3.8, 4) is 0 Å². The maximum Gasteiger partial charge on any atom is 0.251 e. The maximum atomic E-state index is 11.8.